The number of amides is 1. The first kappa shape index (κ1) is 13.1. The molecule has 2 N–H and O–H groups in total. The summed E-state index contributed by atoms with van der Waals surface area (Å²) in [5, 5.41) is 10.7. The Morgan fingerprint density at radius 2 is 2.00 bits per heavy atom. The number of ether oxygens (including phenoxy) is 1. The zero-order chi connectivity index (χ0) is 12.7. The molecular formula is C11H12FNO4. The second-order valence-corrected chi connectivity index (χ2v) is 3.25. The van der Waals surface area contributed by atoms with Crippen LogP contribution in [-0.4, -0.2) is 30.2 Å². The van der Waals surface area contributed by atoms with Gasteiger partial charge < -0.3 is 15.2 Å². The summed E-state index contributed by atoms with van der Waals surface area (Å²) in [6, 6.07) is 6.05. The molecule has 92 valence electrons. The molecule has 0 unspecified atom stereocenters. The molecule has 5 nitrogen and oxygen atoms in total. The number of carboxylic acids is 1. The summed E-state index contributed by atoms with van der Waals surface area (Å²) >= 11 is 0. The molecule has 0 aromatic heterocycles. The predicted octanol–water partition coefficient (Wildman–Crippen LogP) is 0.543. The molecule has 0 heterocycles. The van der Waals surface area contributed by atoms with Crippen molar-refractivity contribution in [3.63, 3.8) is 0 Å². The Kier molecular flexibility index (Phi) is 5.09. The highest BCUT2D eigenvalue weighted by Crippen LogP contribution is 2.05. The van der Waals surface area contributed by atoms with Gasteiger partial charge in [-0.25, -0.2) is 9.18 Å². The molecule has 17 heavy (non-hydrogen) atoms. The summed E-state index contributed by atoms with van der Waals surface area (Å²) in [6.07, 6.45) is 0. The van der Waals surface area contributed by atoms with Crippen LogP contribution in [0, 0.1) is 5.82 Å². The van der Waals surface area contributed by atoms with Crippen LogP contribution >= 0.6 is 0 Å². The number of carbonyl (C=O) groups is 2. The number of aliphatic carboxylic acids is 1. The Morgan fingerprint density at radius 3 is 2.65 bits per heavy atom. The number of hydrogen-bond donors (Lipinski definition) is 2. The van der Waals surface area contributed by atoms with E-state index in [0.29, 0.717) is 5.56 Å². The molecule has 0 fully saturated rings. The monoisotopic (exact) mass is 241 g/mol. The molecule has 1 amide bonds. The van der Waals surface area contributed by atoms with Crippen molar-refractivity contribution in [1.82, 2.24) is 5.32 Å². The third-order valence-corrected chi connectivity index (χ3v) is 1.89. The highest BCUT2D eigenvalue weighted by molar-refractivity contribution is 5.77. The molecule has 0 bridgehead atoms. The van der Waals surface area contributed by atoms with Gasteiger partial charge in [0.2, 0.25) is 5.91 Å². The minimum atomic E-state index is -1.15. The fraction of sp³-hybridized carbons (Fsp3) is 0.273. The van der Waals surface area contributed by atoms with Crippen molar-refractivity contribution in [3.8, 4) is 0 Å². The van der Waals surface area contributed by atoms with E-state index in [2.05, 4.69) is 10.1 Å². The van der Waals surface area contributed by atoms with Gasteiger partial charge in [-0.2, -0.15) is 0 Å². The van der Waals surface area contributed by atoms with Crippen molar-refractivity contribution in [3.05, 3.63) is 35.6 Å². The summed E-state index contributed by atoms with van der Waals surface area (Å²) in [4.78, 5) is 21.3. The van der Waals surface area contributed by atoms with Crippen LogP contribution in [-0.2, 0) is 20.9 Å². The van der Waals surface area contributed by atoms with E-state index in [1.807, 2.05) is 0 Å². The van der Waals surface area contributed by atoms with Gasteiger partial charge in [-0.05, 0) is 6.07 Å². The number of rotatable bonds is 6. The lowest BCUT2D eigenvalue weighted by Gasteiger charge is -2.06. The molecule has 0 aliphatic rings. The van der Waals surface area contributed by atoms with Gasteiger partial charge >= 0.3 is 5.97 Å². The molecule has 1 rings (SSSR count). The van der Waals surface area contributed by atoms with Gasteiger partial charge in [0.15, 0.2) is 0 Å². The van der Waals surface area contributed by atoms with Crippen LogP contribution in [0.1, 0.15) is 5.56 Å². The van der Waals surface area contributed by atoms with Gasteiger partial charge in [-0.15, -0.1) is 0 Å². The fourth-order valence-corrected chi connectivity index (χ4v) is 1.12. The van der Waals surface area contributed by atoms with E-state index >= 15 is 0 Å². The molecule has 1 aromatic carbocycles. The van der Waals surface area contributed by atoms with Crippen LogP contribution in [0.4, 0.5) is 4.39 Å². The third-order valence-electron chi connectivity index (χ3n) is 1.89. The molecule has 0 saturated carbocycles. The van der Waals surface area contributed by atoms with Crippen molar-refractivity contribution in [2.45, 2.75) is 6.54 Å². The first-order chi connectivity index (χ1) is 8.09. The van der Waals surface area contributed by atoms with E-state index in [1.165, 1.54) is 6.07 Å². The smallest absolute Gasteiger partial charge is 0.329 e. The number of hydrogen-bond acceptors (Lipinski definition) is 3. The largest absolute Gasteiger partial charge is 0.480 e. The second kappa shape index (κ2) is 6.59. The topological polar surface area (TPSA) is 75.6 Å². The molecule has 0 spiro atoms. The number of benzene rings is 1. The Bertz CT molecular complexity index is 408. The SMILES string of the molecule is O=C(O)COCC(=O)NCc1ccccc1F. The van der Waals surface area contributed by atoms with E-state index in [0.717, 1.165) is 0 Å². The molecule has 0 aliphatic carbocycles. The number of nitrogens with one attached hydrogen (secondary N) is 1. The van der Waals surface area contributed by atoms with Crippen LogP contribution in [0.2, 0.25) is 0 Å². The van der Waals surface area contributed by atoms with Gasteiger partial charge in [0.05, 0.1) is 0 Å². The highest BCUT2D eigenvalue weighted by atomic mass is 19.1. The molecule has 6 heteroatoms. The molecule has 0 radical (unpaired) electrons. The Labute approximate surface area is 97.2 Å². The minimum absolute atomic E-state index is 0.0436. The molecule has 0 saturated heterocycles. The molecule has 0 aliphatic heterocycles. The van der Waals surface area contributed by atoms with Gasteiger partial charge in [-0.3, -0.25) is 4.79 Å². The normalized spacial score (nSPS) is 9.94. The van der Waals surface area contributed by atoms with Gasteiger partial charge in [0.25, 0.3) is 0 Å². The van der Waals surface area contributed by atoms with Gasteiger partial charge in [0, 0.05) is 12.1 Å². The van der Waals surface area contributed by atoms with Crippen LogP contribution < -0.4 is 5.32 Å². The predicted molar refractivity (Wildman–Crippen MR) is 56.7 cm³/mol. The third kappa shape index (κ3) is 5.07. The zero-order valence-electron chi connectivity index (χ0n) is 8.98. The zero-order valence-corrected chi connectivity index (χ0v) is 8.98. The van der Waals surface area contributed by atoms with Crippen LogP contribution in [0.5, 0.6) is 0 Å². The van der Waals surface area contributed by atoms with E-state index in [9.17, 15) is 14.0 Å². The highest BCUT2D eigenvalue weighted by Gasteiger charge is 2.05. The van der Waals surface area contributed by atoms with E-state index in [4.69, 9.17) is 5.11 Å². The average molecular weight is 241 g/mol. The number of halogens is 1. The summed E-state index contributed by atoms with van der Waals surface area (Å²) in [7, 11) is 0. The maximum absolute atomic E-state index is 13.1. The van der Waals surface area contributed by atoms with Gasteiger partial charge in [-0.1, -0.05) is 18.2 Å². The quantitative estimate of drug-likeness (QED) is 0.762. The maximum atomic E-state index is 13.1. The molecule has 0 atom stereocenters. The number of carbonyl (C=O) groups excluding carboxylic acids is 1. The van der Waals surface area contributed by atoms with Crippen molar-refractivity contribution < 1.29 is 23.8 Å². The fourth-order valence-electron chi connectivity index (χ4n) is 1.12. The Morgan fingerprint density at radius 1 is 1.29 bits per heavy atom. The van der Waals surface area contributed by atoms with Crippen molar-refractivity contribution in [2.24, 2.45) is 0 Å². The van der Waals surface area contributed by atoms with Crippen molar-refractivity contribution in [1.29, 1.82) is 0 Å². The first-order valence-electron chi connectivity index (χ1n) is 4.89. The summed E-state index contributed by atoms with van der Waals surface area (Å²) < 4.78 is 17.7. The minimum Gasteiger partial charge on any atom is -0.480 e. The van der Waals surface area contributed by atoms with Crippen molar-refractivity contribution >= 4 is 11.9 Å². The van der Waals surface area contributed by atoms with Crippen molar-refractivity contribution in [2.75, 3.05) is 13.2 Å². The number of carboxylic acid groups (broad SMARTS) is 1. The van der Waals surface area contributed by atoms with Crippen LogP contribution in [0.15, 0.2) is 24.3 Å². The lowest BCUT2D eigenvalue weighted by atomic mass is 10.2. The molecular weight excluding hydrogens is 229 g/mol. The summed E-state index contributed by atoms with van der Waals surface area (Å²) in [6.45, 7) is -0.851. The van der Waals surface area contributed by atoms with E-state index < -0.39 is 24.3 Å². The Hall–Kier alpha value is -1.95. The first-order valence-corrected chi connectivity index (χ1v) is 4.89. The molecule has 1 aromatic rings. The summed E-state index contributed by atoms with van der Waals surface area (Å²) in [5.41, 5.74) is 0.360. The lowest BCUT2D eigenvalue weighted by Crippen LogP contribution is -2.28. The standard InChI is InChI=1S/C11H12FNO4/c12-9-4-2-1-3-8(9)5-13-10(14)6-17-7-11(15)16/h1-4H,5-7H2,(H,13,14)(H,15,16). The summed E-state index contributed by atoms with van der Waals surface area (Å²) in [5.74, 6) is -2.04. The maximum Gasteiger partial charge on any atom is 0.329 e. The van der Waals surface area contributed by atoms with Crippen LogP contribution in [0.25, 0.3) is 0 Å². The second-order valence-electron chi connectivity index (χ2n) is 3.25. The van der Waals surface area contributed by atoms with E-state index in [1.54, 1.807) is 18.2 Å². The average Bonchev–Trinajstić information content (AvgIpc) is 2.27. The Balaban J connectivity index is 2.29. The van der Waals surface area contributed by atoms with Crippen LogP contribution in [0.3, 0.4) is 0 Å². The van der Waals surface area contributed by atoms with Gasteiger partial charge in [0.1, 0.15) is 19.0 Å². The lowest BCUT2D eigenvalue weighted by molar-refractivity contribution is -0.143. The van der Waals surface area contributed by atoms with E-state index in [-0.39, 0.29) is 13.2 Å².